The molecule has 4 aromatic rings. The van der Waals surface area contributed by atoms with E-state index in [9.17, 15) is 18.4 Å². The van der Waals surface area contributed by atoms with Gasteiger partial charge in [-0.25, -0.2) is 28.2 Å². The first-order valence-corrected chi connectivity index (χ1v) is 35.3. The van der Waals surface area contributed by atoms with E-state index in [-0.39, 0.29) is 78.0 Å². The van der Waals surface area contributed by atoms with Crippen LogP contribution in [0.1, 0.15) is 92.6 Å². The van der Waals surface area contributed by atoms with Gasteiger partial charge in [0.25, 0.3) is 11.8 Å². The fourth-order valence-electron chi connectivity index (χ4n) is 9.64. The summed E-state index contributed by atoms with van der Waals surface area (Å²) in [6, 6.07) is 16.1. The summed E-state index contributed by atoms with van der Waals surface area (Å²) < 4.78 is 74.5. The van der Waals surface area contributed by atoms with Gasteiger partial charge in [0.15, 0.2) is 52.1 Å². The Balaban J connectivity index is 1.14. The Labute approximate surface area is 526 Å². The van der Waals surface area contributed by atoms with E-state index in [1.165, 1.54) is 82.4 Å². The van der Waals surface area contributed by atoms with Crippen LogP contribution in [-0.2, 0) is 18.3 Å². The first-order chi connectivity index (χ1) is 39.5. The number of carbonyl (C=O) groups is 4. The van der Waals surface area contributed by atoms with Crippen molar-refractivity contribution < 1.29 is 65.2 Å². The summed E-state index contributed by atoms with van der Waals surface area (Å²) in [5.74, 6) is -1.35. The lowest BCUT2D eigenvalue weighted by atomic mass is 10.0. The van der Waals surface area contributed by atoms with Crippen molar-refractivity contribution in [3.05, 3.63) is 119 Å². The number of hydrogen-bond acceptors (Lipinski definition) is 12. The van der Waals surface area contributed by atoms with E-state index >= 15 is 9.59 Å². The zero-order valence-electron chi connectivity index (χ0n) is 49.1. The largest absolute Gasteiger partial charge is 0.493 e. The SMILES string of the molecule is COc1cc2c(cc1OCCCOc1cc3c(cc1OC)C(=O)N1C=C(c4ccc(F)cc4)C[C@H]1[C@H](O[Si](C)(C)C(C)(C)C)N3C(=O)OCC(Cl)(Cl)Cl)N(C(=O)OCC(Cl)(Cl)Cl)[C@@H](O[Si](C)(C)C(C)(C)C)[C@@H]1CC(c3ccc(F)cc3)=CN1C2=O. The molecule has 0 aliphatic carbocycles. The van der Waals surface area contributed by atoms with Crippen molar-refractivity contribution in [2.75, 3.05) is 50.4 Å². The van der Waals surface area contributed by atoms with Gasteiger partial charge in [-0.1, -0.05) is 135 Å². The second-order valence-electron chi connectivity index (χ2n) is 24.0. The van der Waals surface area contributed by atoms with Crippen LogP contribution in [-0.4, -0.2) is 123 Å². The highest BCUT2D eigenvalue weighted by molar-refractivity contribution is 6.74. The average molecular weight is 1330 g/mol. The number of ether oxygens (including phenoxy) is 6. The molecule has 85 heavy (non-hydrogen) atoms. The molecule has 0 spiro atoms. The van der Waals surface area contributed by atoms with Crippen LogP contribution in [0.15, 0.2) is 85.2 Å². The standard InChI is InChI=1S/C59H68Cl6F2N4O12Si2/c1-56(2,3)84(9,10)82-52-44-24-36(34-14-18-38(66)19-15-34)30-68(44)50(72)40-26-46(76-7)48(28-42(40)70(52)54(74)80-32-58(60,61)62)78-22-13-23-79-49-29-43-41(27-47(49)77-8)51(73)69-31-37(35-16-20-39(67)21-17-35)25-45(69)53(83-85(11,12)57(4,5)6)71(43)55(75)81-33-59(63,64)65/h14-21,26-31,44-45,52-53H,13,22-25,32-33H2,1-12H3/t44-,45-,52-,53-/m0/s1. The highest BCUT2D eigenvalue weighted by atomic mass is 35.6. The van der Waals surface area contributed by atoms with Gasteiger partial charge in [-0.3, -0.25) is 9.59 Å². The molecule has 16 nitrogen and oxygen atoms in total. The molecule has 0 fully saturated rings. The zero-order valence-corrected chi connectivity index (χ0v) is 55.6. The third-order valence-corrected chi connectivity index (χ3v) is 25.7. The number of amides is 4. The van der Waals surface area contributed by atoms with Gasteiger partial charge in [-0.15, -0.1) is 0 Å². The van der Waals surface area contributed by atoms with Crippen LogP contribution in [0.4, 0.5) is 29.7 Å². The van der Waals surface area contributed by atoms with Gasteiger partial charge in [-0.2, -0.15) is 0 Å². The van der Waals surface area contributed by atoms with Crippen molar-refractivity contribution in [1.29, 1.82) is 0 Å². The summed E-state index contributed by atoms with van der Waals surface area (Å²) in [4.78, 5) is 65.1. The summed E-state index contributed by atoms with van der Waals surface area (Å²) in [6.07, 6.45) is -0.381. The highest BCUT2D eigenvalue weighted by Crippen LogP contribution is 2.50. The monoisotopic (exact) mass is 1330 g/mol. The number of fused-ring (bicyclic) bond motifs is 4. The third kappa shape index (κ3) is 14.6. The Kier molecular flexibility index (Phi) is 19.6. The predicted molar refractivity (Wildman–Crippen MR) is 332 cm³/mol. The smallest absolute Gasteiger partial charge is 0.416 e. The Morgan fingerprint density at radius 3 is 1.20 bits per heavy atom. The van der Waals surface area contributed by atoms with E-state index in [0.29, 0.717) is 22.3 Å². The minimum absolute atomic E-state index is 0.0297. The minimum atomic E-state index is -2.84. The Morgan fingerprint density at radius 1 is 0.553 bits per heavy atom. The minimum Gasteiger partial charge on any atom is -0.493 e. The molecule has 26 heteroatoms. The van der Waals surface area contributed by atoms with Crippen molar-refractivity contribution in [3.63, 3.8) is 0 Å². The molecule has 0 bridgehead atoms. The molecule has 4 heterocycles. The van der Waals surface area contributed by atoms with Gasteiger partial charge in [0.2, 0.25) is 7.59 Å². The molecule has 0 aromatic heterocycles. The quantitative estimate of drug-likeness (QED) is 0.0595. The molecular weight excluding hydrogens is 1260 g/mol. The van der Waals surface area contributed by atoms with E-state index < -0.39 is 108 Å². The summed E-state index contributed by atoms with van der Waals surface area (Å²) in [7, 11) is -2.87. The van der Waals surface area contributed by atoms with Crippen LogP contribution in [0.3, 0.4) is 0 Å². The molecule has 4 aliphatic rings. The van der Waals surface area contributed by atoms with E-state index in [2.05, 4.69) is 0 Å². The predicted octanol–water partition coefficient (Wildman–Crippen LogP) is 15.7. The zero-order chi connectivity index (χ0) is 62.5. The lowest BCUT2D eigenvalue weighted by Gasteiger charge is -2.44. The number of methoxy groups -OCH3 is 2. The van der Waals surface area contributed by atoms with Crippen molar-refractivity contribution in [2.24, 2.45) is 0 Å². The molecule has 0 radical (unpaired) electrons. The number of benzene rings is 4. The number of alkyl halides is 6. The molecule has 0 saturated heterocycles. The van der Waals surface area contributed by atoms with Gasteiger partial charge in [-0.05, 0) is 108 Å². The average Bonchev–Trinajstić information content (AvgIpc) is 3.14. The Bertz CT molecular complexity index is 3050. The lowest BCUT2D eigenvalue weighted by Crippen LogP contribution is -2.58. The molecule has 4 atom stereocenters. The number of anilines is 2. The van der Waals surface area contributed by atoms with Crippen LogP contribution in [0.2, 0.25) is 36.3 Å². The van der Waals surface area contributed by atoms with Crippen LogP contribution >= 0.6 is 69.6 Å². The molecule has 8 rings (SSSR count). The first-order valence-electron chi connectivity index (χ1n) is 27.2. The normalized spacial score (nSPS) is 19.2. The number of carbonyl (C=O) groups excluding carboxylic acids is 4. The van der Waals surface area contributed by atoms with Gasteiger partial charge >= 0.3 is 12.2 Å². The van der Waals surface area contributed by atoms with Crippen molar-refractivity contribution in [3.8, 4) is 23.0 Å². The number of halogens is 8. The molecule has 0 unspecified atom stereocenters. The second-order valence-corrected chi connectivity index (χ2v) is 38.5. The van der Waals surface area contributed by atoms with E-state index in [1.807, 2.05) is 67.7 Å². The maximum absolute atomic E-state index is 15.0. The Morgan fingerprint density at radius 2 is 0.894 bits per heavy atom. The van der Waals surface area contributed by atoms with Crippen LogP contribution < -0.4 is 28.7 Å². The molecule has 4 aromatic carbocycles. The van der Waals surface area contributed by atoms with Gasteiger partial charge < -0.3 is 47.1 Å². The van der Waals surface area contributed by atoms with Crippen LogP contribution in [0, 0.1) is 11.6 Å². The maximum atomic E-state index is 15.0. The van der Waals surface area contributed by atoms with Gasteiger partial charge in [0.1, 0.15) is 24.8 Å². The molecule has 4 amide bonds. The summed E-state index contributed by atoms with van der Waals surface area (Å²) in [6.45, 7) is 18.9. The van der Waals surface area contributed by atoms with Crippen LogP contribution in [0.25, 0.3) is 11.1 Å². The lowest BCUT2D eigenvalue weighted by molar-refractivity contribution is 0.0584. The van der Waals surface area contributed by atoms with Crippen molar-refractivity contribution in [1.82, 2.24) is 9.80 Å². The Hall–Kier alpha value is -5.01. The van der Waals surface area contributed by atoms with E-state index in [1.54, 1.807) is 36.7 Å². The number of hydrogen-bond donors (Lipinski definition) is 0. The molecule has 0 saturated carbocycles. The molecule has 4 aliphatic heterocycles. The van der Waals surface area contributed by atoms with Gasteiger partial charge in [0, 0.05) is 31.0 Å². The first kappa shape index (κ1) is 66.0. The summed E-state index contributed by atoms with van der Waals surface area (Å²) in [5, 5.41) is -0.781. The fourth-order valence-corrected chi connectivity index (χ4v) is 12.4. The highest BCUT2D eigenvalue weighted by Gasteiger charge is 2.53. The number of rotatable bonds is 16. The van der Waals surface area contributed by atoms with E-state index in [0.717, 1.165) is 0 Å². The van der Waals surface area contributed by atoms with E-state index in [4.69, 9.17) is 107 Å². The molecule has 460 valence electrons. The third-order valence-electron chi connectivity index (χ3n) is 16.1. The van der Waals surface area contributed by atoms with Crippen molar-refractivity contribution in [2.45, 2.75) is 129 Å². The fraction of sp³-hybridized carbons (Fsp3) is 0.458. The van der Waals surface area contributed by atoms with Crippen molar-refractivity contribution >= 4 is 133 Å². The molecule has 0 N–H and O–H groups in total. The topological polar surface area (TPSA) is 155 Å². The second kappa shape index (κ2) is 25.2. The van der Waals surface area contributed by atoms with Gasteiger partial charge in [0.05, 0.1) is 62.0 Å². The van der Waals surface area contributed by atoms with Crippen LogP contribution in [0.5, 0.6) is 23.0 Å². The summed E-state index contributed by atoms with van der Waals surface area (Å²) >= 11 is 36.8. The number of nitrogens with zero attached hydrogens (tertiary/aromatic N) is 4. The molecular formula is C59H68Cl6F2N4O12Si2. The maximum Gasteiger partial charge on any atom is 0.416 e. The summed E-state index contributed by atoms with van der Waals surface area (Å²) in [5.41, 5.74) is 2.89.